The molecule has 13 heavy (non-hydrogen) atoms. The molecule has 0 radical (unpaired) electrons. The Hall–Kier alpha value is 0.110. The molecule has 3 heteroatoms. The molecule has 3 unspecified atom stereocenters. The third-order valence-electron chi connectivity index (χ3n) is 2.94. The molecule has 0 aromatic carbocycles. The van der Waals surface area contributed by atoms with Crippen LogP contribution in [-0.2, 0) is 10.8 Å². The van der Waals surface area contributed by atoms with Gasteiger partial charge in [-0.2, -0.15) is 0 Å². The highest BCUT2D eigenvalue weighted by molar-refractivity contribution is 7.85. The Kier molecular flexibility index (Phi) is 3.92. The SMILES string of the molecule is CC(C)C(C)S(=O)CC(N)C1CC1. The lowest BCUT2D eigenvalue weighted by atomic mass is 10.2. The monoisotopic (exact) mass is 203 g/mol. The molecule has 1 fully saturated rings. The molecule has 0 saturated heterocycles. The second-order valence-corrected chi connectivity index (χ2v) is 6.34. The van der Waals surface area contributed by atoms with Gasteiger partial charge in [0, 0.05) is 27.8 Å². The zero-order chi connectivity index (χ0) is 10.0. The molecule has 0 bridgehead atoms. The van der Waals surface area contributed by atoms with E-state index in [1.165, 1.54) is 12.8 Å². The van der Waals surface area contributed by atoms with Crippen molar-refractivity contribution < 1.29 is 4.21 Å². The normalized spacial score (nSPS) is 24.4. The summed E-state index contributed by atoms with van der Waals surface area (Å²) in [7, 11) is -0.731. The van der Waals surface area contributed by atoms with Gasteiger partial charge >= 0.3 is 0 Å². The van der Waals surface area contributed by atoms with E-state index < -0.39 is 10.8 Å². The van der Waals surface area contributed by atoms with Crippen molar-refractivity contribution in [2.75, 3.05) is 5.75 Å². The Morgan fingerprint density at radius 2 is 1.92 bits per heavy atom. The van der Waals surface area contributed by atoms with Gasteiger partial charge in [0.2, 0.25) is 0 Å². The zero-order valence-corrected chi connectivity index (χ0v) is 9.64. The van der Waals surface area contributed by atoms with Gasteiger partial charge in [-0.1, -0.05) is 20.8 Å². The molecular weight excluding hydrogens is 182 g/mol. The standard InChI is InChI=1S/C10H21NOS/c1-7(2)8(3)13(12)6-10(11)9-4-5-9/h7-10H,4-6,11H2,1-3H3. The van der Waals surface area contributed by atoms with Crippen molar-refractivity contribution in [1.82, 2.24) is 0 Å². The molecule has 1 aliphatic rings. The first-order valence-electron chi connectivity index (χ1n) is 5.15. The fourth-order valence-corrected chi connectivity index (χ4v) is 2.87. The van der Waals surface area contributed by atoms with Crippen LogP contribution in [0, 0.1) is 11.8 Å². The highest BCUT2D eigenvalue weighted by atomic mass is 32.2. The summed E-state index contributed by atoms with van der Waals surface area (Å²) in [5, 5.41) is 0.282. The third-order valence-corrected chi connectivity index (χ3v) is 5.02. The van der Waals surface area contributed by atoms with Gasteiger partial charge in [-0.3, -0.25) is 4.21 Å². The summed E-state index contributed by atoms with van der Waals surface area (Å²) < 4.78 is 11.8. The Morgan fingerprint density at radius 1 is 1.38 bits per heavy atom. The molecule has 0 aromatic rings. The summed E-state index contributed by atoms with van der Waals surface area (Å²) in [4.78, 5) is 0. The summed E-state index contributed by atoms with van der Waals surface area (Å²) in [5.74, 6) is 1.86. The van der Waals surface area contributed by atoms with Crippen LogP contribution in [0.25, 0.3) is 0 Å². The molecule has 0 aliphatic heterocycles. The second kappa shape index (κ2) is 4.56. The summed E-state index contributed by atoms with van der Waals surface area (Å²) >= 11 is 0. The molecule has 0 amide bonds. The van der Waals surface area contributed by atoms with Crippen LogP contribution in [-0.4, -0.2) is 21.3 Å². The fourth-order valence-electron chi connectivity index (χ4n) is 1.31. The highest BCUT2D eigenvalue weighted by Crippen LogP contribution is 2.32. The fraction of sp³-hybridized carbons (Fsp3) is 1.00. The Balaban J connectivity index is 2.30. The second-order valence-electron chi connectivity index (χ2n) is 4.50. The van der Waals surface area contributed by atoms with Gasteiger partial charge in [-0.15, -0.1) is 0 Å². The van der Waals surface area contributed by atoms with E-state index in [1.807, 2.05) is 0 Å². The van der Waals surface area contributed by atoms with E-state index >= 15 is 0 Å². The van der Waals surface area contributed by atoms with Gasteiger partial charge in [0.15, 0.2) is 0 Å². The first kappa shape index (κ1) is 11.2. The van der Waals surface area contributed by atoms with Crippen molar-refractivity contribution in [1.29, 1.82) is 0 Å². The topological polar surface area (TPSA) is 43.1 Å². The number of hydrogen-bond donors (Lipinski definition) is 1. The third kappa shape index (κ3) is 3.39. The Morgan fingerprint density at radius 3 is 2.31 bits per heavy atom. The first-order valence-corrected chi connectivity index (χ1v) is 6.53. The minimum Gasteiger partial charge on any atom is -0.327 e. The van der Waals surface area contributed by atoms with Crippen LogP contribution >= 0.6 is 0 Å². The molecule has 78 valence electrons. The van der Waals surface area contributed by atoms with E-state index in [0.29, 0.717) is 17.6 Å². The van der Waals surface area contributed by atoms with Crippen molar-refractivity contribution in [2.24, 2.45) is 17.6 Å². The summed E-state index contributed by atoms with van der Waals surface area (Å²) in [6.45, 7) is 6.29. The summed E-state index contributed by atoms with van der Waals surface area (Å²) in [6.07, 6.45) is 2.49. The van der Waals surface area contributed by atoms with Gasteiger partial charge < -0.3 is 5.73 Å². The minimum atomic E-state index is -0.731. The molecule has 1 aliphatic carbocycles. The molecule has 1 rings (SSSR count). The lowest BCUT2D eigenvalue weighted by Crippen LogP contribution is -2.33. The van der Waals surface area contributed by atoms with E-state index in [-0.39, 0.29) is 11.3 Å². The predicted octanol–water partition coefficient (Wildman–Crippen LogP) is 1.52. The van der Waals surface area contributed by atoms with Crippen molar-refractivity contribution in [3.05, 3.63) is 0 Å². The smallest absolute Gasteiger partial charge is 0.0392 e. The quantitative estimate of drug-likeness (QED) is 0.736. The molecule has 3 atom stereocenters. The molecule has 2 nitrogen and oxygen atoms in total. The predicted molar refractivity (Wildman–Crippen MR) is 58.0 cm³/mol. The largest absolute Gasteiger partial charge is 0.327 e. The van der Waals surface area contributed by atoms with Gasteiger partial charge in [-0.05, 0) is 24.7 Å². The minimum absolute atomic E-state index is 0.182. The van der Waals surface area contributed by atoms with Crippen LogP contribution in [0.5, 0.6) is 0 Å². The maximum Gasteiger partial charge on any atom is 0.0392 e. The van der Waals surface area contributed by atoms with Crippen molar-refractivity contribution in [3.8, 4) is 0 Å². The molecular formula is C10H21NOS. The first-order chi connectivity index (χ1) is 6.02. The summed E-state index contributed by atoms with van der Waals surface area (Å²) in [5.41, 5.74) is 5.92. The van der Waals surface area contributed by atoms with Crippen molar-refractivity contribution in [2.45, 2.75) is 44.9 Å². The maximum atomic E-state index is 11.8. The van der Waals surface area contributed by atoms with Crippen LogP contribution < -0.4 is 5.73 Å². The zero-order valence-electron chi connectivity index (χ0n) is 8.82. The molecule has 2 N–H and O–H groups in total. The number of nitrogens with two attached hydrogens (primary N) is 1. The van der Waals surface area contributed by atoms with E-state index in [2.05, 4.69) is 20.8 Å². The van der Waals surface area contributed by atoms with E-state index in [9.17, 15) is 4.21 Å². The van der Waals surface area contributed by atoms with Crippen molar-refractivity contribution >= 4 is 10.8 Å². The lowest BCUT2D eigenvalue weighted by molar-refractivity contribution is 0.590. The Labute approximate surface area is 83.7 Å². The van der Waals surface area contributed by atoms with Gasteiger partial charge in [0.1, 0.15) is 0 Å². The van der Waals surface area contributed by atoms with Crippen molar-refractivity contribution in [3.63, 3.8) is 0 Å². The van der Waals surface area contributed by atoms with Crippen LogP contribution in [0.2, 0.25) is 0 Å². The van der Waals surface area contributed by atoms with Crippen LogP contribution in [0.1, 0.15) is 33.6 Å². The average Bonchev–Trinajstić information content (AvgIpc) is 2.84. The van der Waals surface area contributed by atoms with Crippen LogP contribution in [0.4, 0.5) is 0 Å². The van der Waals surface area contributed by atoms with Gasteiger partial charge in [-0.25, -0.2) is 0 Å². The molecule has 1 saturated carbocycles. The van der Waals surface area contributed by atoms with E-state index in [1.54, 1.807) is 0 Å². The highest BCUT2D eigenvalue weighted by Gasteiger charge is 2.30. The Bertz CT molecular complexity index is 189. The van der Waals surface area contributed by atoms with E-state index in [0.717, 1.165) is 0 Å². The van der Waals surface area contributed by atoms with Gasteiger partial charge in [0.25, 0.3) is 0 Å². The molecule has 0 spiro atoms. The maximum absolute atomic E-state index is 11.8. The average molecular weight is 203 g/mol. The lowest BCUT2D eigenvalue weighted by Gasteiger charge is -2.17. The van der Waals surface area contributed by atoms with Crippen LogP contribution in [0.3, 0.4) is 0 Å². The summed E-state index contributed by atoms with van der Waals surface area (Å²) in [6, 6.07) is 0.182. The molecule has 0 heterocycles. The van der Waals surface area contributed by atoms with E-state index in [4.69, 9.17) is 5.73 Å². The van der Waals surface area contributed by atoms with Crippen LogP contribution in [0.15, 0.2) is 0 Å². The van der Waals surface area contributed by atoms with Gasteiger partial charge in [0.05, 0.1) is 0 Å². The number of hydrogen-bond acceptors (Lipinski definition) is 2. The number of rotatable bonds is 5. The molecule has 0 aromatic heterocycles.